The van der Waals surface area contributed by atoms with Crippen LogP contribution in [0.4, 0.5) is 0 Å². The first kappa shape index (κ1) is 44.8. The minimum absolute atomic E-state index is 0.496. The highest BCUT2D eigenvalue weighted by molar-refractivity contribution is 4.93. The summed E-state index contributed by atoms with van der Waals surface area (Å²) in [6.45, 7) is 13.7. The van der Waals surface area contributed by atoms with Gasteiger partial charge in [-0.05, 0) is 91.0 Å². The van der Waals surface area contributed by atoms with E-state index in [1.807, 2.05) is 0 Å². The molecule has 0 unspecified atom stereocenters. The van der Waals surface area contributed by atoms with Gasteiger partial charge in [0.15, 0.2) is 5.79 Å². The zero-order valence-electron chi connectivity index (χ0n) is 32.8. The average Bonchev–Trinajstić information content (AvgIpc) is 3.08. The van der Waals surface area contributed by atoms with Gasteiger partial charge in [-0.3, -0.25) is 4.90 Å². The number of rotatable bonds is 34. The number of likely N-dealkylation sites (N-methyl/N-ethyl adjacent to an activating group) is 1. The van der Waals surface area contributed by atoms with Crippen molar-refractivity contribution >= 4 is 0 Å². The molecule has 4 heteroatoms. The van der Waals surface area contributed by atoms with Crippen molar-refractivity contribution in [2.24, 2.45) is 0 Å². The molecule has 1 aliphatic heterocycles. The summed E-state index contributed by atoms with van der Waals surface area (Å²) in [6, 6.07) is 0. The van der Waals surface area contributed by atoms with Crippen LogP contribution in [0.15, 0.2) is 48.6 Å². The van der Waals surface area contributed by atoms with Gasteiger partial charge in [0.05, 0.1) is 19.8 Å². The van der Waals surface area contributed by atoms with Crippen molar-refractivity contribution in [3.8, 4) is 0 Å². The van der Waals surface area contributed by atoms with Crippen molar-refractivity contribution in [1.29, 1.82) is 0 Å². The monoisotopic (exact) mass is 671 g/mol. The molecule has 0 radical (unpaired) electrons. The van der Waals surface area contributed by atoms with E-state index in [4.69, 9.17) is 9.47 Å². The number of ether oxygens (including phenoxy) is 2. The highest BCUT2D eigenvalue weighted by Crippen LogP contribution is 2.19. The molecule has 0 aromatic carbocycles. The van der Waals surface area contributed by atoms with Gasteiger partial charge in [-0.1, -0.05) is 140 Å². The van der Waals surface area contributed by atoms with E-state index in [2.05, 4.69) is 86.2 Å². The van der Waals surface area contributed by atoms with E-state index in [1.165, 1.54) is 128 Å². The number of hydrogen-bond donors (Lipinski definition) is 0. The summed E-state index contributed by atoms with van der Waals surface area (Å²) in [7, 11) is 2.22. The lowest BCUT2D eigenvalue weighted by Gasteiger charge is -2.39. The van der Waals surface area contributed by atoms with Crippen LogP contribution in [0.2, 0.25) is 0 Å². The predicted octanol–water partition coefficient (Wildman–Crippen LogP) is 12.6. The van der Waals surface area contributed by atoms with Gasteiger partial charge < -0.3 is 14.4 Å². The molecule has 1 aliphatic rings. The van der Waals surface area contributed by atoms with Crippen molar-refractivity contribution in [1.82, 2.24) is 9.80 Å². The van der Waals surface area contributed by atoms with Crippen LogP contribution in [0.1, 0.15) is 175 Å². The molecule has 0 aromatic heterocycles. The molecule has 1 saturated heterocycles. The van der Waals surface area contributed by atoms with Crippen LogP contribution in [-0.2, 0) is 9.47 Å². The molecule has 0 N–H and O–H groups in total. The Balaban J connectivity index is 2.13. The maximum Gasteiger partial charge on any atom is 0.178 e. The maximum absolute atomic E-state index is 6.50. The summed E-state index contributed by atoms with van der Waals surface area (Å²) < 4.78 is 13.0. The zero-order chi connectivity index (χ0) is 34.6. The Labute approximate surface area is 300 Å². The van der Waals surface area contributed by atoms with Crippen molar-refractivity contribution in [3.63, 3.8) is 0 Å². The summed E-state index contributed by atoms with van der Waals surface area (Å²) in [5.41, 5.74) is 0. The first-order chi connectivity index (χ1) is 23.6. The average molecular weight is 671 g/mol. The van der Waals surface area contributed by atoms with Crippen molar-refractivity contribution in [2.75, 3.05) is 53.0 Å². The van der Waals surface area contributed by atoms with E-state index in [1.54, 1.807) is 0 Å². The minimum atomic E-state index is -0.496. The molecule has 280 valence electrons. The Morgan fingerprint density at radius 1 is 0.458 bits per heavy atom. The standard InChI is InChI=1S/C44H82N2O2/c1-5-7-9-11-13-15-17-19-21-23-25-27-29-31-33-35-41-47-44(3,43-46-39-37-45(4)38-40-46)48-42-36-34-32-30-28-26-24-22-20-18-16-14-12-10-8-6-2/h13-16,19-22H,5-12,17-18,23-43H2,1-4H3/b15-13-,16-14-,21-19-,22-20-. The largest absolute Gasteiger partial charge is 0.349 e. The summed E-state index contributed by atoms with van der Waals surface area (Å²) in [4.78, 5) is 4.96. The molecule has 4 nitrogen and oxygen atoms in total. The Morgan fingerprint density at radius 3 is 1.21 bits per heavy atom. The summed E-state index contributed by atoms with van der Waals surface area (Å²) in [5, 5.41) is 0. The molecule has 48 heavy (non-hydrogen) atoms. The second-order valence-electron chi connectivity index (χ2n) is 14.6. The third kappa shape index (κ3) is 29.7. The summed E-state index contributed by atoms with van der Waals surface area (Å²) >= 11 is 0. The third-order valence-electron chi connectivity index (χ3n) is 9.61. The Hall–Kier alpha value is -1.20. The number of piperazine rings is 1. The van der Waals surface area contributed by atoms with Crippen LogP contribution in [-0.4, -0.2) is 68.6 Å². The lowest BCUT2D eigenvalue weighted by Crippen LogP contribution is -2.52. The maximum atomic E-state index is 6.50. The molecule has 0 aliphatic carbocycles. The Kier molecular flexibility index (Phi) is 32.0. The summed E-state index contributed by atoms with van der Waals surface area (Å²) in [6.07, 6.45) is 49.4. The van der Waals surface area contributed by atoms with Crippen LogP contribution < -0.4 is 0 Å². The van der Waals surface area contributed by atoms with Gasteiger partial charge in [0.1, 0.15) is 0 Å². The first-order valence-electron chi connectivity index (χ1n) is 20.9. The van der Waals surface area contributed by atoms with Crippen LogP contribution in [0.5, 0.6) is 0 Å². The smallest absolute Gasteiger partial charge is 0.178 e. The first-order valence-corrected chi connectivity index (χ1v) is 20.9. The normalized spacial score (nSPS) is 15.4. The molecule has 0 bridgehead atoms. The van der Waals surface area contributed by atoms with Crippen LogP contribution in [0.3, 0.4) is 0 Å². The van der Waals surface area contributed by atoms with E-state index < -0.39 is 5.79 Å². The number of allylic oxidation sites excluding steroid dienone is 8. The zero-order valence-corrected chi connectivity index (χ0v) is 32.8. The molecule has 0 atom stereocenters. The fourth-order valence-electron chi connectivity index (χ4n) is 6.30. The van der Waals surface area contributed by atoms with Crippen molar-refractivity contribution in [2.45, 2.75) is 181 Å². The number of hydrogen-bond acceptors (Lipinski definition) is 4. The topological polar surface area (TPSA) is 24.9 Å². The molecular formula is C44H82N2O2. The van der Waals surface area contributed by atoms with Crippen molar-refractivity contribution in [3.05, 3.63) is 48.6 Å². The molecule has 0 saturated carbocycles. The molecule has 1 fully saturated rings. The highest BCUT2D eigenvalue weighted by Gasteiger charge is 2.30. The lowest BCUT2D eigenvalue weighted by atomic mass is 10.1. The van der Waals surface area contributed by atoms with Gasteiger partial charge in [0.25, 0.3) is 0 Å². The molecule has 0 amide bonds. The Bertz CT molecular complexity index is 731. The van der Waals surface area contributed by atoms with Crippen LogP contribution in [0, 0.1) is 0 Å². The highest BCUT2D eigenvalue weighted by atomic mass is 16.7. The molecule has 0 spiro atoms. The van der Waals surface area contributed by atoms with Gasteiger partial charge >= 0.3 is 0 Å². The van der Waals surface area contributed by atoms with Gasteiger partial charge in [-0.15, -0.1) is 0 Å². The van der Waals surface area contributed by atoms with Crippen molar-refractivity contribution < 1.29 is 9.47 Å². The molecular weight excluding hydrogens is 588 g/mol. The van der Waals surface area contributed by atoms with E-state index >= 15 is 0 Å². The third-order valence-corrected chi connectivity index (χ3v) is 9.61. The SMILES string of the molecule is CCCCC/C=C\C/C=C\CCCCCCCCOC(C)(CN1CCN(C)CC1)OCCCCCCCC/C=C\C/C=C\CCCCC. The van der Waals surface area contributed by atoms with E-state index in [-0.39, 0.29) is 0 Å². The predicted molar refractivity (Wildman–Crippen MR) is 213 cm³/mol. The minimum Gasteiger partial charge on any atom is -0.349 e. The van der Waals surface area contributed by atoms with Gasteiger partial charge in [-0.25, -0.2) is 0 Å². The lowest BCUT2D eigenvalue weighted by molar-refractivity contribution is -0.236. The fraction of sp³-hybridized carbons (Fsp3) is 0.818. The van der Waals surface area contributed by atoms with E-state index in [0.717, 1.165) is 71.6 Å². The number of unbranched alkanes of at least 4 members (excludes halogenated alkanes) is 18. The second-order valence-corrected chi connectivity index (χ2v) is 14.6. The van der Waals surface area contributed by atoms with E-state index in [9.17, 15) is 0 Å². The van der Waals surface area contributed by atoms with E-state index in [0.29, 0.717) is 0 Å². The molecule has 1 rings (SSSR count). The fourth-order valence-corrected chi connectivity index (χ4v) is 6.30. The number of nitrogens with zero attached hydrogens (tertiary/aromatic N) is 2. The second kappa shape index (κ2) is 34.3. The van der Waals surface area contributed by atoms with Gasteiger partial charge in [0, 0.05) is 26.2 Å². The molecule has 0 aromatic rings. The molecule has 1 heterocycles. The van der Waals surface area contributed by atoms with Gasteiger partial charge in [-0.2, -0.15) is 0 Å². The van der Waals surface area contributed by atoms with Gasteiger partial charge in [0.2, 0.25) is 0 Å². The Morgan fingerprint density at radius 2 is 0.812 bits per heavy atom. The van der Waals surface area contributed by atoms with Crippen LogP contribution >= 0.6 is 0 Å². The summed E-state index contributed by atoms with van der Waals surface area (Å²) in [5.74, 6) is -0.496. The van der Waals surface area contributed by atoms with Crippen LogP contribution in [0.25, 0.3) is 0 Å². The quantitative estimate of drug-likeness (QED) is 0.0386.